The number of aromatic nitrogens is 1. The Bertz CT molecular complexity index is 2060. The molecular formula is C33H28N4O6S4. The van der Waals surface area contributed by atoms with Gasteiger partial charge >= 0.3 is 11.9 Å². The van der Waals surface area contributed by atoms with E-state index in [1.807, 2.05) is 32.0 Å². The standard InChI is InChI=1S/C33H28N4O6S4/c1-3-21(2)18-31(38)43-28-16-11-24(19-27(28)33(39)42-25-12-7-22(8-13-25)29-20-32(44)46-45-29)36-35-23-9-14-26(15-10-23)47(40,41)37-30-6-4-5-17-34-30/h4-17,19-21H,3,18H2,1-2H3,(H,34,37)/b36-35+. The normalized spacial score (nSPS) is 12.0. The van der Waals surface area contributed by atoms with Crippen LogP contribution in [0.15, 0.2) is 112 Å². The second-order valence-corrected chi connectivity index (χ2v) is 14.9. The predicted octanol–water partition coefficient (Wildman–Crippen LogP) is 9.38. The monoisotopic (exact) mass is 704 g/mol. The van der Waals surface area contributed by atoms with Crippen LogP contribution in [0.5, 0.6) is 11.5 Å². The third-order valence-electron chi connectivity index (χ3n) is 6.76. The van der Waals surface area contributed by atoms with Crippen molar-refractivity contribution in [2.45, 2.75) is 31.6 Å². The number of rotatable bonds is 12. The van der Waals surface area contributed by atoms with Crippen LogP contribution in [-0.4, -0.2) is 25.3 Å². The van der Waals surface area contributed by atoms with Gasteiger partial charge in [-0.05, 0) is 96.4 Å². The van der Waals surface area contributed by atoms with Gasteiger partial charge < -0.3 is 9.47 Å². The van der Waals surface area contributed by atoms with Crippen LogP contribution in [0.3, 0.4) is 0 Å². The fourth-order valence-electron chi connectivity index (χ4n) is 4.07. The first-order valence-electron chi connectivity index (χ1n) is 14.3. The molecule has 5 aromatic rings. The summed E-state index contributed by atoms with van der Waals surface area (Å²) < 4.78 is 39.8. The minimum atomic E-state index is -3.86. The molecule has 0 amide bonds. The van der Waals surface area contributed by atoms with E-state index in [1.165, 1.54) is 52.9 Å². The number of carbonyl (C=O) groups is 2. The summed E-state index contributed by atoms with van der Waals surface area (Å²) in [6, 6.07) is 24.0. The molecule has 5 rings (SSSR count). The lowest BCUT2D eigenvalue weighted by Gasteiger charge is -2.12. The number of ether oxygens (including phenoxy) is 2. The van der Waals surface area contributed by atoms with Gasteiger partial charge in [-0.25, -0.2) is 18.2 Å². The molecule has 0 aliphatic carbocycles. The van der Waals surface area contributed by atoms with E-state index in [0.29, 0.717) is 11.4 Å². The number of carbonyl (C=O) groups excluding carboxylic acids is 2. The van der Waals surface area contributed by atoms with Gasteiger partial charge in [0.2, 0.25) is 0 Å². The Balaban J connectivity index is 1.35. The molecule has 0 saturated carbocycles. The number of nitrogens with one attached hydrogen (secondary N) is 1. The summed E-state index contributed by atoms with van der Waals surface area (Å²) in [5.41, 5.74) is 1.58. The molecule has 0 bridgehead atoms. The van der Waals surface area contributed by atoms with E-state index in [9.17, 15) is 18.0 Å². The van der Waals surface area contributed by atoms with Crippen LogP contribution in [0.4, 0.5) is 17.2 Å². The number of benzene rings is 3. The second-order valence-electron chi connectivity index (χ2n) is 10.3. The van der Waals surface area contributed by atoms with Crippen molar-refractivity contribution in [2.24, 2.45) is 16.1 Å². The highest BCUT2D eigenvalue weighted by molar-refractivity contribution is 7.92. The van der Waals surface area contributed by atoms with Crippen LogP contribution < -0.4 is 14.2 Å². The van der Waals surface area contributed by atoms with Crippen molar-refractivity contribution in [1.29, 1.82) is 0 Å². The lowest BCUT2D eigenvalue weighted by atomic mass is 10.1. The van der Waals surface area contributed by atoms with Gasteiger partial charge in [-0.1, -0.05) is 59.2 Å². The van der Waals surface area contributed by atoms with Gasteiger partial charge in [0, 0.05) is 17.5 Å². The van der Waals surface area contributed by atoms with E-state index < -0.39 is 22.0 Å². The number of hydrogen-bond donors (Lipinski definition) is 1. The van der Waals surface area contributed by atoms with Crippen molar-refractivity contribution >= 4 is 72.1 Å². The molecular weight excluding hydrogens is 677 g/mol. The number of hydrogen-bond acceptors (Lipinski definition) is 12. The van der Waals surface area contributed by atoms with Crippen LogP contribution in [0.25, 0.3) is 10.4 Å². The Hall–Kier alpha value is -4.63. The Morgan fingerprint density at radius 2 is 1.64 bits per heavy atom. The lowest BCUT2D eigenvalue weighted by molar-refractivity contribution is -0.135. The molecule has 1 atom stereocenters. The summed E-state index contributed by atoms with van der Waals surface area (Å²) in [6.07, 6.45) is 2.47. The molecule has 0 fully saturated rings. The van der Waals surface area contributed by atoms with E-state index in [0.717, 1.165) is 20.7 Å². The van der Waals surface area contributed by atoms with Gasteiger partial charge in [-0.15, -0.1) is 0 Å². The number of pyridine rings is 1. The molecule has 1 N–H and O–H groups in total. The van der Waals surface area contributed by atoms with E-state index in [1.54, 1.807) is 46.7 Å². The van der Waals surface area contributed by atoms with Gasteiger partial charge in [0.1, 0.15) is 26.7 Å². The Morgan fingerprint density at radius 3 is 2.30 bits per heavy atom. The van der Waals surface area contributed by atoms with Crippen LogP contribution >= 0.6 is 32.9 Å². The molecule has 10 nitrogen and oxygen atoms in total. The predicted molar refractivity (Wildman–Crippen MR) is 185 cm³/mol. The van der Waals surface area contributed by atoms with Crippen LogP contribution in [-0.2, 0) is 14.8 Å². The van der Waals surface area contributed by atoms with Gasteiger partial charge in [-0.2, -0.15) is 10.2 Å². The highest BCUT2D eigenvalue weighted by atomic mass is 32.9. The fourth-order valence-corrected chi connectivity index (χ4v) is 7.48. The minimum absolute atomic E-state index is 0.0131. The number of nitrogens with zero attached hydrogens (tertiary/aromatic N) is 3. The first-order valence-corrected chi connectivity index (χ1v) is 18.4. The summed E-state index contributed by atoms with van der Waals surface area (Å²) >= 11 is 5.22. The number of esters is 2. The first-order chi connectivity index (χ1) is 22.6. The molecule has 0 spiro atoms. The molecule has 47 heavy (non-hydrogen) atoms. The summed E-state index contributed by atoms with van der Waals surface area (Å²) in [5.74, 6) is -0.583. The van der Waals surface area contributed by atoms with Crippen LogP contribution in [0.2, 0.25) is 0 Å². The van der Waals surface area contributed by atoms with E-state index in [2.05, 4.69) is 19.9 Å². The van der Waals surface area contributed by atoms with E-state index in [-0.39, 0.29) is 40.1 Å². The SMILES string of the molecule is CCC(C)CC(=O)Oc1ccc(/N=N/c2ccc(S(=O)(=O)Nc3ccccn3)cc2)cc1C(=O)Oc1ccc(-c2cc(=S)ss2)cc1. The molecule has 0 radical (unpaired) electrons. The van der Waals surface area contributed by atoms with Crippen molar-refractivity contribution in [1.82, 2.24) is 4.98 Å². The summed E-state index contributed by atoms with van der Waals surface area (Å²) in [4.78, 5) is 31.0. The maximum atomic E-state index is 13.4. The Kier molecular flexibility index (Phi) is 11.0. The average Bonchev–Trinajstić information content (AvgIpc) is 3.51. The van der Waals surface area contributed by atoms with Crippen LogP contribution in [0, 0.1) is 9.74 Å². The molecule has 1 unspecified atom stereocenters. The van der Waals surface area contributed by atoms with E-state index in [4.69, 9.17) is 21.7 Å². The molecule has 3 aromatic carbocycles. The quantitative estimate of drug-likeness (QED) is 0.0446. The zero-order valence-electron chi connectivity index (χ0n) is 25.2. The smallest absolute Gasteiger partial charge is 0.347 e. The van der Waals surface area contributed by atoms with Gasteiger partial charge in [-0.3, -0.25) is 9.52 Å². The number of azo groups is 1. The molecule has 0 aliphatic rings. The molecule has 14 heteroatoms. The van der Waals surface area contributed by atoms with Crippen molar-refractivity contribution in [3.05, 3.63) is 107 Å². The van der Waals surface area contributed by atoms with Gasteiger partial charge in [0.25, 0.3) is 10.0 Å². The second kappa shape index (κ2) is 15.3. The fraction of sp³-hybridized carbons (Fsp3) is 0.152. The van der Waals surface area contributed by atoms with Crippen molar-refractivity contribution < 1.29 is 27.5 Å². The third-order valence-corrected chi connectivity index (χ3v) is 11.0. The van der Waals surface area contributed by atoms with Crippen molar-refractivity contribution in [3.8, 4) is 21.9 Å². The lowest BCUT2D eigenvalue weighted by Crippen LogP contribution is -2.16. The summed E-state index contributed by atoms with van der Waals surface area (Å²) in [6.45, 7) is 3.92. The third kappa shape index (κ3) is 9.23. The zero-order chi connectivity index (χ0) is 33.4. The maximum absolute atomic E-state index is 13.4. The highest BCUT2D eigenvalue weighted by Crippen LogP contribution is 2.32. The largest absolute Gasteiger partial charge is 0.426 e. The Morgan fingerprint density at radius 1 is 0.915 bits per heavy atom. The maximum Gasteiger partial charge on any atom is 0.347 e. The Labute approximate surface area is 284 Å². The minimum Gasteiger partial charge on any atom is -0.426 e. The van der Waals surface area contributed by atoms with Gasteiger partial charge in [0.05, 0.1) is 16.3 Å². The molecule has 0 aliphatic heterocycles. The zero-order valence-corrected chi connectivity index (χ0v) is 28.4. The van der Waals surface area contributed by atoms with Crippen LogP contribution in [0.1, 0.15) is 37.0 Å². The molecule has 2 aromatic heterocycles. The van der Waals surface area contributed by atoms with E-state index >= 15 is 0 Å². The summed E-state index contributed by atoms with van der Waals surface area (Å²) in [7, 11) is -0.778. The molecule has 2 heterocycles. The van der Waals surface area contributed by atoms with Crippen molar-refractivity contribution in [2.75, 3.05) is 4.72 Å². The number of sulfonamides is 1. The highest BCUT2D eigenvalue weighted by Gasteiger charge is 2.20. The molecule has 240 valence electrons. The average molecular weight is 705 g/mol. The van der Waals surface area contributed by atoms with Crippen molar-refractivity contribution in [3.63, 3.8) is 0 Å². The first kappa shape index (κ1) is 33.7. The topological polar surface area (TPSA) is 136 Å². The van der Waals surface area contributed by atoms with Gasteiger partial charge in [0.15, 0.2) is 0 Å². The number of anilines is 1. The molecule has 0 saturated heterocycles. The summed E-state index contributed by atoms with van der Waals surface area (Å²) in [5, 5.41) is 8.39.